The zero-order valence-electron chi connectivity index (χ0n) is 10.8. The molecule has 4 rings (SSSR count). The quantitative estimate of drug-likeness (QED) is 0.706. The molecular formula is C18H16O. The van der Waals surface area contributed by atoms with Crippen LogP contribution >= 0.6 is 0 Å². The van der Waals surface area contributed by atoms with Gasteiger partial charge >= 0.3 is 0 Å². The summed E-state index contributed by atoms with van der Waals surface area (Å²) < 4.78 is 0. The lowest BCUT2D eigenvalue weighted by Gasteiger charge is -2.28. The second kappa shape index (κ2) is 4.07. The summed E-state index contributed by atoms with van der Waals surface area (Å²) in [5.41, 5.74) is 7.80. The van der Waals surface area contributed by atoms with Crippen LogP contribution in [-0.2, 0) is 19.3 Å². The summed E-state index contributed by atoms with van der Waals surface area (Å²) in [6.07, 6.45) is 6.91. The SMILES string of the molecule is OC1Cc2c(ccc3c2CC=CC3)-c2ccccc21. The van der Waals surface area contributed by atoms with Crippen molar-refractivity contribution in [2.45, 2.75) is 25.4 Å². The molecule has 2 aromatic rings. The molecule has 19 heavy (non-hydrogen) atoms. The standard InChI is InChI=1S/C18H16O/c19-18-11-17-13-6-2-1-5-12(13)9-10-15(17)14-7-3-4-8-16(14)18/h1-4,7-10,18-19H,5-6,11H2. The van der Waals surface area contributed by atoms with Gasteiger partial charge in [0, 0.05) is 6.42 Å². The molecule has 2 aliphatic rings. The van der Waals surface area contributed by atoms with E-state index in [-0.39, 0.29) is 6.10 Å². The molecule has 0 heterocycles. The molecule has 0 spiro atoms. The highest BCUT2D eigenvalue weighted by molar-refractivity contribution is 5.75. The number of fused-ring (bicyclic) bond motifs is 5. The van der Waals surface area contributed by atoms with Gasteiger partial charge in [0.15, 0.2) is 0 Å². The van der Waals surface area contributed by atoms with Crippen molar-refractivity contribution in [3.05, 3.63) is 70.8 Å². The predicted molar refractivity (Wildman–Crippen MR) is 77.1 cm³/mol. The van der Waals surface area contributed by atoms with Crippen LogP contribution in [-0.4, -0.2) is 5.11 Å². The average Bonchev–Trinajstić information content (AvgIpc) is 2.47. The van der Waals surface area contributed by atoms with Crippen LogP contribution in [0.25, 0.3) is 11.1 Å². The molecule has 0 radical (unpaired) electrons. The molecule has 0 amide bonds. The molecule has 0 fully saturated rings. The Balaban J connectivity index is 1.99. The van der Waals surface area contributed by atoms with Gasteiger partial charge in [0.05, 0.1) is 6.10 Å². The number of aliphatic hydroxyl groups excluding tert-OH is 1. The van der Waals surface area contributed by atoms with E-state index in [4.69, 9.17) is 0 Å². The van der Waals surface area contributed by atoms with Crippen LogP contribution in [0.3, 0.4) is 0 Å². The monoisotopic (exact) mass is 248 g/mol. The molecule has 0 saturated carbocycles. The van der Waals surface area contributed by atoms with Crippen molar-refractivity contribution in [3.63, 3.8) is 0 Å². The van der Waals surface area contributed by atoms with Gasteiger partial charge in [-0.2, -0.15) is 0 Å². The Bertz CT molecular complexity index is 682. The largest absolute Gasteiger partial charge is 0.388 e. The number of rotatable bonds is 0. The number of allylic oxidation sites excluding steroid dienone is 2. The van der Waals surface area contributed by atoms with Crippen molar-refractivity contribution in [3.8, 4) is 11.1 Å². The van der Waals surface area contributed by atoms with E-state index < -0.39 is 0 Å². The van der Waals surface area contributed by atoms with E-state index in [0.717, 1.165) is 24.8 Å². The molecular weight excluding hydrogens is 232 g/mol. The fraction of sp³-hybridized carbons (Fsp3) is 0.222. The molecule has 0 saturated heterocycles. The van der Waals surface area contributed by atoms with Crippen molar-refractivity contribution in [2.24, 2.45) is 0 Å². The maximum Gasteiger partial charge on any atom is 0.0836 e. The summed E-state index contributed by atoms with van der Waals surface area (Å²) in [5, 5.41) is 10.4. The first-order valence-electron chi connectivity index (χ1n) is 6.90. The minimum atomic E-state index is -0.360. The van der Waals surface area contributed by atoms with Gasteiger partial charge < -0.3 is 5.11 Å². The molecule has 0 aliphatic heterocycles. The lowest BCUT2D eigenvalue weighted by molar-refractivity contribution is 0.177. The maximum atomic E-state index is 10.4. The summed E-state index contributed by atoms with van der Waals surface area (Å²) in [4.78, 5) is 0. The highest BCUT2D eigenvalue weighted by Crippen LogP contribution is 2.41. The highest BCUT2D eigenvalue weighted by atomic mass is 16.3. The van der Waals surface area contributed by atoms with Crippen molar-refractivity contribution >= 4 is 0 Å². The molecule has 94 valence electrons. The van der Waals surface area contributed by atoms with Crippen LogP contribution in [0.5, 0.6) is 0 Å². The Kier molecular flexibility index (Phi) is 2.36. The van der Waals surface area contributed by atoms with Crippen molar-refractivity contribution in [2.75, 3.05) is 0 Å². The minimum absolute atomic E-state index is 0.360. The first-order chi connectivity index (χ1) is 9.34. The number of hydrogen-bond donors (Lipinski definition) is 1. The zero-order valence-corrected chi connectivity index (χ0v) is 10.8. The Hall–Kier alpha value is -1.86. The lowest BCUT2D eigenvalue weighted by Crippen LogP contribution is -2.14. The third-order valence-corrected chi connectivity index (χ3v) is 4.36. The van der Waals surface area contributed by atoms with Gasteiger partial charge in [-0.05, 0) is 46.2 Å². The number of aliphatic hydroxyl groups is 1. The third-order valence-electron chi connectivity index (χ3n) is 4.36. The summed E-state index contributed by atoms with van der Waals surface area (Å²) in [5.74, 6) is 0. The Morgan fingerprint density at radius 3 is 2.63 bits per heavy atom. The van der Waals surface area contributed by atoms with E-state index in [2.05, 4.69) is 36.4 Å². The molecule has 1 N–H and O–H groups in total. The van der Waals surface area contributed by atoms with Crippen LogP contribution in [0.15, 0.2) is 48.6 Å². The van der Waals surface area contributed by atoms with Crippen molar-refractivity contribution in [1.82, 2.24) is 0 Å². The summed E-state index contributed by atoms with van der Waals surface area (Å²) in [6.45, 7) is 0. The fourth-order valence-corrected chi connectivity index (χ4v) is 3.42. The summed E-state index contributed by atoms with van der Waals surface area (Å²) >= 11 is 0. The second-order valence-corrected chi connectivity index (χ2v) is 5.42. The van der Waals surface area contributed by atoms with Gasteiger partial charge in [-0.15, -0.1) is 0 Å². The normalized spacial score (nSPS) is 19.5. The van der Waals surface area contributed by atoms with Crippen molar-refractivity contribution in [1.29, 1.82) is 0 Å². The molecule has 2 aliphatic carbocycles. The smallest absolute Gasteiger partial charge is 0.0836 e. The van der Waals surface area contributed by atoms with E-state index in [9.17, 15) is 5.11 Å². The van der Waals surface area contributed by atoms with E-state index >= 15 is 0 Å². The topological polar surface area (TPSA) is 20.2 Å². The average molecular weight is 248 g/mol. The summed E-state index contributed by atoms with van der Waals surface area (Å²) in [6, 6.07) is 12.7. The van der Waals surface area contributed by atoms with Gasteiger partial charge in [-0.25, -0.2) is 0 Å². The predicted octanol–water partition coefficient (Wildman–Crippen LogP) is 3.60. The van der Waals surface area contributed by atoms with Crippen molar-refractivity contribution < 1.29 is 5.11 Å². The van der Waals surface area contributed by atoms with Crippen LogP contribution in [0, 0.1) is 0 Å². The van der Waals surface area contributed by atoms with Gasteiger partial charge in [-0.1, -0.05) is 48.6 Å². The minimum Gasteiger partial charge on any atom is -0.388 e. The van der Waals surface area contributed by atoms with Gasteiger partial charge in [0.2, 0.25) is 0 Å². The number of benzene rings is 2. The Labute approximate surface area is 113 Å². The van der Waals surface area contributed by atoms with Gasteiger partial charge in [0.1, 0.15) is 0 Å². The number of hydrogen-bond acceptors (Lipinski definition) is 1. The van der Waals surface area contributed by atoms with Crippen LogP contribution in [0.4, 0.5) is 0 Å². The van der Waals surface area contributed by atoms with E-state index in [0.29, 0.717) is 0 Å². The highest BCUT2D eigenvalue weighted by Gasteiger charge is 2.25. The van der Waals surface area contributed by atoms with Crippen LogP contribution in [0.1, 0.15) is 28.4 Å². The van der Waals surface area contributed by atoms with E-state index in [1.54, 1.807) is 0 Å². The van der Waals surface area contributed by atoms with Crippen LogP contribution < -0.4 is 0 Å². The maximum absolute atomic E-state index is 10.4. The molecule has 1 atom stereocenters. The fourth-order valence-electron chi connectivity index (χ4n) is 3.42. The molecule has 2 aromatic carbocycles. The van der Waals surface area contributed by atoms with E-state index in [1.807, 2.05) is 12.1 Å². The Morgan fingerprint density at radius 2 is 1.68 bits per heavy atom. The molecule has 0 aromatic heterocycles. The molecule has 1 unspecified atom stereocenters. The first-order valence-corrected chi connectivity index (χ1v) is 6.90. The Morgan fingerprint density at radius 1 is 0.842 bits per heavy atom. The third kappa shape index (κ3) is 1.58. The molecule has 0 bridgehead atoms. The molecule has 1 nitrogen and oxygen atoms in total. The lowest BCUT2D eigenvalue weighted by atomic mass is 9.78. The van der Waals surface area contributed by atoms with Gasteiger partial charge in [-0.3, -0.25) is 0 Å². The van der Waals surface area contributed by atoms with E-state index in [1.165, 1.54) is 27.8 Å². The second-order valence-electron chi connectivity index (χ2n) is 5.42. The summed E-state index contributed by atoms with van der Waals surface area (Å²) in [7, 11) is 0. The molecule has 1 heteroatoms. The van der Waals surface area contributed by atoms with Crippen LogP contribution in [0.2, 0.25) is 0 Å². The zero-order chi connectivity index (χ0) is 12.8. The van der Waals surface area contributed by atoms with Gasteiger partial charge in [0.25, 0.3) is 0 Å². The first kappa shape index (κ1) is 11.0.